The van der Waals surface area contributed by atoms with Crippen molar-refractivity contribution in [2.45, 2.75) is 12.8 Å². The van der Waals surface area contributed by atoms with Crippen LogP contribution in [0.5, 0.6) is 0 Å². The summed E-state index contributed by atoms with van der Waals surface area (Å²) < 4.78 is 0. The molecule has 22 heavy (non-hydrogen) atoms. The molecule has 2 aliphatic rings. The summed E-state index contributed by atoms with van der Waals surface area (Å²) in [6.07, 6.45) is 7.61. The van der Waals surface area contributed by atoms with Gasteiger partial charge in [0.05, 0.1) is 5.02 Å². The highest BCUT2D eigenvalue weighted by Gasteiger charge is 2.24. The molecule has 0 unspecified atom stereocenters. The third-order valence-electron chi connectivity index (χ3n) is 3.77. The minimum atomic E-state index is -0.206. The molecule has 0 atom stereocenters. The zero-order chi connectivity index (χ0) is 15.1. The Morgan fingerprint density at radius 3 is 3.14 bits per heavy atom. The molecule has 1 aliphatic carbocycles. The van der Waals surface area contributed by atoms with Crippen molar-refractivity contribution >= 4 is 40.6 Å². The maximum Gasteiger partial charge on any atom is 0.276 e. The molecule has 1 fully saturated rings. The molecule has 3 heterocycles. The van der Waals surface area contributed by atoms with E-state index in [2.05, 4.69) is 25.6 Å². The van der Waals surface area contributed by atoms with Gasteiger partial charge in [0.2, 0.25) is 5.96 Å². The maximum atomic E-state index is 12.0. The van der Waals surface area contributed by atoms with Gasteiger partial charge in [-0.25, -0.2) is 9.98 Å². The first kappa shape index (κ1) is 13.3. The summed E-state index contributed by atoms with van der Waals surface area (Å²) >= 11 is 5.98. The summed E-state index contributed by atoms with van der Waals surface area (Å²) in [4.78, 5) is 23.6. The van der Waals surface area contributed by atoms with Crippen LogP contribution in [0.1, 0.15) is 18.4 Å². The molecular weight excluding hydrogens is 302 g/mol. The van der Waals surface area contributed by atoms with Crippen LogP contribution in [0.15, 0.2) is 29.1 Å². The summed E-state index contributed by atoms with van der Waals surface area (Å²) in [5.74, 6) is 1.04. The van der Waals surface area contributed by atoms with Gasteiger partial charge in [0.1, 0.15) is 11.3 Å². The van der Waals surface area contributed by atoms with Crippen LogP contribution in [0, 0.1) is 5.92 Å². The molecule has 2 aromatic heterocycles. The van der Waals surface area contributed by atoms with E-state index in [1.165, 1.54) is 12.8 Å². The number of halogens is 1. The molecule has 1 saturated carbocycles. The third kappa shape index (κ3) is 2.57. The van der Waals surface area contributed by atoms with Crippen LogP contribution in [0.3, 0.4) is 0 Å². The van der Waals surface area contributed by atoms with E-state index in [1.54, 1.807) is 18.5 Å². The first-order chi connectivity index (χ1) is 10.7. The summed E-state index contributed by atoms with van der Waals surface area (Å²) in [6, 6.07) is 1.82. The summed E-state index contributed by atoms with van der Waals surface area (Å²) in [6.45, 7) is 0.860. The Kier molecular flexibility index (Phi) is 3.11. The van der Waals surface area contributed by atoms with Gasteiger partial charge in [-0.1, -0.05) is 11.6 Å². The fourth-order valence-corrected chi connectivity index (χ4v) is 2.54. The van der Waals surface area contributed by atoms with Crippen LogP contribution >= 0.6 is 11.6 Å². The lowest BCUT2D eigenvalue weighted by molar-refractivity contribution is -0.115. The minimum absolute atomic E-state index is 0.206. The molecule has 1 aliphatic heterocycles. The second-order valence-corrected chi connectivity index (χ2v) is 6.00. The molecule has 0 aromatic carbocycles. The molecule has 0 radical (unpaired) electrons. The number of amides is 1. The molecule has 0 spiro atoms. The van der Waals surface area contributed by atoms with Crippen molar-refractivity contribution in [2.75, 3.05) is 6.54 Å². The number of H-pyrrole nitrogens is 1. The number of nitrogens with zero attached hydrogens (tertiary/aromatic N) is 2. The van der Waals surface area contributed by atoms with E-state index in [0.29, 0.717) is 16.7 Å². The van der Waals surface area contributed by atoms with Gasteiger partial charge >= 0.3 is 0 Å². The fourth-order valence-electron chi connectivity index (χ4n) is 2.38. The van der Waals surface area contributed by atoms with Crippen molar-refractivity contribution in [2.24, 2.45) is 10.9 Å². The Hall–Kier alpha value is -2.34. The number of guanidine groups is 1. The summed E-state index contributed by atoms with van der Waals surface area (Å²) in [5.41, 5.74) is 1.94. The first-order valence-corrected chi connectivity index (χ1v) is 7.55. The first-order valence-electron chi connectivity index (χ1n) is 7.17. The van der Waals surface area contributed by atoms with Crippen LogP contribution in [0.4, 0.5) is 0 Å². The van der Waals surface area contributed by atoms with Crippen LogP contribution in [-0.4, -0.2) is 28.4 Å². The largest absolute Gasteiger partial charge is 0.355 e. The van der Waals surface area contributed by atoms with Crippen molar-refractivity contribution in [3.8, 4) is 0 Å². The lowest BCUT2D eigenvalue weighted by Crippen LogP contribution is -2.37. The molecule has 4 rings (SSSR count). The number of carbonyl (C=O) groups excluding carboxylic acids is 1. The molecule has 6 nitrogen and oxygen atoms in total. The Balaban J connectivity index is 1.62. The van der Waals surface area contributed by atoms with E-state index in [4.69, 9.17) is 11.6 Å². The number of aromatic amines is 1. The zero-order valence-corrected chi connectivity index (χ0v) is 12.4. The molecular formula is C15H14ClN5O. The lowest BCUT2D eigenvalue weighted by atomic mass is 10.2. The average molecular weight is 316 g/mol. The number of aliphatic imine (C=N–C) groups is 1. The molecule has 1 amide bonds. The monoisotopic (exact) mass is 315 g/mol. The minimum Gasteiger partial charge on any atom is -0.355 e. The number of hydrogen-bond donors (Lipinski definition) is 3. The van der Waals surface area contributed by atoms with Crippen LogP contribution in [0.25, 0.3) is 17.1 Å². The molecule has 2 aromatic rings. The Morgan fingerprint density at radius 1 is 1.45 bits per heavy atom. The Morgan fingerprint density at radius 2 is 2.32 bits per heavy atom. The van der Waals surface area contributed by atoms with Crippen molar-refractivity contribution in [1.29, 1.82) is 0 Å². The van der Waals surface area contributed by atoms with Gasteiger partial charge in [0.15, 0.2) is 0 Å². The number of pyridine rings is 1. The van der Waals surface area contributed by atoms with Gasteiger partial charge in [-0.2, -0.15) is 0 Å². The van der Waals surface area contributed by atoms with E-state index in [-0.39, 0.29) is 5.91 Å². The number of hydrogen-bond acceptors (Lipinski definition) is 4. The van der Waals surface area contributed by atoms with Crippen LogP contribution < -0.4 is 10.6 Å². The second-order valence-electron chi connectivity index (χ2n) is 5.56. The van der Waals surface area contributed by atoms with E-state index in [1.807, 2.05) is 6.07 Å². The van der Waals surface area contributed by atoms with Gasteiger partial charge < -0.3 is 10.3 Å². The standard InChI is InChI=1S/C15H14ClN5O/c16-10-4-11-9(6-17-13(11)18-7-10)3-12-14(22)21-15(20-12)19-5-8-1-2-8/h3-4,6-8H,1-2,5H2,(H,17,18)(H2,19,20,21,22)/b12-3-. The van der Waals surface area contributed by atoms with Crippen LogP contribution in [0.2, 0.25) is 5.02 Å². The number of aromatic nitrogens is 2. The van der Waals surface area contributed by atoms with Gasteiger partial charge in [-0.3, -0.25) is 10.1 Å². The summed E-state index contributed by atoms with van der Waals surface area (Å²) in [5, 5.41) is 7.32. The number of carbonyl (C=O) groups is 1. The highest BCUT2D eigenvalue weighted by Crippen LogP contribution is 2.27. The second kappa shape index (κ2) is 5.14. The Labute approximate surface area is 131 Å². The van der Waals surface area contributed by atoms with E-state index < -0.39 is 0 Å². The smallest absolute Gasteiger partial charge is 0.276 e. The van der Waals surface area contributed by atoms with Crippen molar-refractivity contribution in [3.63, 3.8) is 0 Å². The van der Waals surface area contributed by atoms with E-state index in [0.717, 1.165) is 29.1 Å². The molecule has 3 N–H and O–H groups in total. The fraction of sp³-hybridized carbons (Fsp3) is 0.267. The highest BCUT2D eigenvalue weighted by molar-refractivity contribution is 6.31. The molecule has 0 saturated heterocycles. The normalized spacial score (nSPS) is 19.6. The van der Waals surface area contributed by atoms with E-state index in [9.17, 15) is 4.79 Å². The lowest BCUT2D eigenvalue weighted by Gasteiger charge is -2.02. The highest BCUT2D eigenvalue weighted by atomic mass is 35.5. The molecule has 112 valence electrons. The predicted octanol–water partition coefficient (Wildman–Crippen LogP) is 2.04. The number of rotatable bonds is 3. The molecule has 0 bridgehead atoms. The third-order valence-corrected chi connectivity index (χ3v) is 3.98. The van der Waals surface area contributed by atoms with Gasteiger partial charge in [0, 0.05) is 29.9 Å². The number of fused-ring (bicyclic) bond motifs is 1. The quantitative estimate of drug-likeness (QED) is 0.758. The predicted molar refractivity (Wildman–Crippen MR) is 85.4 cm³/mol. The van der Waals surface area contributed by atoms with Crippen molar-refractivity contribution < 1.29 is 4.79 Å². The van der Waals surface area contributed by atoms with Crippen LogP contribution in [-0.2, 0) is 4.79 Å². The van der Waals surface area contributed by atoms with Gasteiger partial charge in [-0.15, -0.1) is 0 Å². The Bertz CT molecular complexity index is 818. The maximum absolute atomic E-state index is 12.0. The topological polar surface area (TPSA) is 82.2 Å². The summed E-state index contributed by atoms with van der Waals surface area (Å²) in [7, 11) is 0. The van der Waals surface area contributed by atoms with E-state index >= 15 is 0 Å². The number of nitrogens with one attached hydrogen (secondary N) is 3. The zero-order valence-electron chi connectivity index (χ0n) is 11.7. The average Bonchev–Trinajstić information content (AvgIpc) is 3.16. The molecule has 7 heteroatoms. The SMILES string of the molecule is O=C1NC(NCC2CC2)=N/C1=C\c1c[nH]c2ncc(Cl)cc12. The van der Waals surface area contributed by atoms with Gasteiger partial charge in [0.25, 0.3) is 5.91 Å². The van der Waals surface area contributed by atoms with Crippen molar-refractivity contribution in [3.05, 3.63) is 34.7 Å². The van der Waals surface area contributed by atoms with Gasteiger partial charge in [-0.05, 0) is 30.9 Å². The van der Waals surface area contributed by atoms with Crippen molar-refractivity contribution in [1.82, 2.24) is 20.6 Å².